The highest BCUT2D eigenvalue weighted by Crippen LogP contribution is 2.22. The van der Waals surface area contributed by atoms with Crippen LogP contribution >= 0.6 is 0 Å². The molecule has 0 aliphatic rings. The Morgan fingerprint density at radius 3 is 2.45 bits per heavy atom. The van der Waals surface area contributed by atoms with Crippen molar-refractivity contribution in [3.05, 3.63) is 71.5 Å². The second kappa shape index (κ2) is 6.57. The van der Waals surface area contributed by atoms with Crippen LogP contribution in [0.4, 0.5) is 0 Å². The first kappa shape index (κ1) is 13.9. The van der Waals surface area contributed by atoms with Gasteiger partial charge < -0.3 is 9.47 Å². The normalized spacial score (nSPS) is 10.5. The first-order valence-corrected chi connectivity index (χ1v) is 6.23. The molecule has 0 aromatic heterocycles. The number of ether oxygens (including phenoxy) is 2. The van der Waals surface area contributed by atoms with Crippen LogP contribution in [-0.4, -0.2) is 20.0 Å². The van der Waals surface area contributed by atoms with Crippen molar-refractivity contribution in [3.8, 4) is 5.75 Å². The van der Waals surface area contributed by atoms with Gasteiger partial charge in [0.25, 0.3) is 0 Å². The Kier molecular flexibility index (Phi) is 4.56. The van der Waals surface area contributed by atoms with Crippen molar-refractivity contribution in [2.45, 2.75) is 0 Å². The van der Waals surface area contributed by atoms with Gasteiger partial charge in [0.2, 0.25) is 0 Å². The number of ketones is 1. The Labute approximate surface area is 118 Å². The largest absolute Gasteiger partial charge is 0.504 e. The van der Waals surface area contributed by atoms with E-state index < -0.39 is 0 Å². The molecule has 2 aromatic rings. The Morgan fingerprint density at radius 2 is 1.80 bits per heavy atom. The lowest BCUT2D eigenvalue weighted by Crippen LogP contribution is -2.04. The van der Waals surface area contributed by atoms with Gasteiger partial charge in [-0.05, 0) is 23.8 Å². The molecule has 102 valence electrons. The van der Waals surface area contributed by atoms with E-state index >= 15 is 0 Å². The molecule has 20 heavy (non-hydrogen) atoms. The zero-order chi connectivity index (χ0) is 14.4. The highest BCUT2D eigenvalue weighted by molar-refractivity contribution is 6.11. The van der Waals surface area contributed by atoms with Crippen molar-refractivity contribution >= 4 is 11.9 Å². The third-order valence-electron chi connectivity index (χ3n) is 2.92. The van der Waals surface area contributed by atoms with E-state index in [-0.39, 0.29) is 5.78 Å². The van der Waals surface area contributed by atoms with Gasteiger partial charge in [-0.15, -0.1) is 0 Å². The Bertz CT molecular complexity index is 615. The van der Waals surface area contributed by atoms with Gasteiger partial charge in [-0.3, -0.25) is 4.79 Å². The first-order chi connectivity index (χ1) is 9.76. The van der Waals surface area contributed by atoms with Gasteiger partial charge in [-0.2, -0.15) is 0 Å². The van der Waals surface area contributed by atoms with Gasteiger partial charge in [0.1, 0.15) is 5.75 Å². The molecule has 0 radical (unpaired) electrons. The van der Waals surface area contributed by atoms with Crippen LogP contribution in [0.5, 0.6) is 5.75 Å². The number of benzene rings is 2. The number of hydrogen-bond donors (Lipinski definition) is 0. The summed E-state index contributed by atoms with van der Waals surface area (Å²) < 4.78 is 10.1. The number of carbonyl (C=O) groups is 1. The SMILES string of the molecule is CO/C=C/c1ccc(OC)cc1C(=O)c1ccccc1. The van der Waals surface area contributed by atoms with Crippen molar-refractivity contribution in [2.75, 3.05) is 14.2 Å². The van der Waals surface area contributed by atoms with E-state index in [9.17, 15) is 4.79 Å². The van der Waals surface area contributed by atoms with Gasteiger partial charge in [0.15, 0.2) is 5.78 Å². The van der Waals surface area contributed by atoms with Crippen LogP contribution < -0.4 is 4.74 Å². The van der Waals surface area contributed by atoms with Crippen LogP contribution in [0.1, 0.15) is 21.5 Å². The molecule has 3 heteroatoms. The molecule has 0 saturated carbocycles. The maximum atomic E-state index is 12.6. The van der Waals surface area contributed by atoms with Gasteiger partial charge in [0, 0.05) is 11.1 Å². The molecule has 0 spiro atoms. The summed E-state index contributed by atoms with van der Waals surface area (Å²) in [6.45, 7) is 0. The van der Waals surface area contributed by atoms with Crippen LogP contribution in [0.25, 0.3) is 6.08 Å². The minimum Gasteiger partial charge on any atom is -0.504 e. The lowest BCUT2D eigenvalue weighted by molar-refractivity contribution is 0.103. The number of rotatable bonds is 5. The fourth-order valence-corrected chi connectivity index (χ4v) is 1.89. The molecule has 0 saturated heterocycles. The van der Waals surface area contributed by atoms with Crippen LogP contribution in [0, 0.1) is 0 Å². The van der Waals surface area contributed by atoms with Crippen molar-refractivity contribution < 1.29 is 14.3 Å². The highest BCUT2D eigenvalue weighted by atomic mass is 16.5. The van der Waals surface area contributed by atoms with Gasteiger partial charge in [-0.1, -0.05) is 36.4 Å². The van der Waals surface area contributed by atoms with Crippen molar-refractivity contribution in [1.82, 2.24) is 0 Å². The smallest absolute Gasteiger partial charge is 0.193 e. The molecule has 0 aliphatic heterocycles. The molecular weight excluding hydrogens is 252 g/mol. The summed E-state index contributed by atoms with van der Waals surface area (Å²) in [6, 6.07) is 14.6. The third kappa shape index (κ3) is 3.06. The van der Waals surface area contributed by atoms with E-state index in [1.54, 1.807) is 44.8 Å². The average Bonchev–Trinajstić information content (AvgIpc) is 2.53. The molecule has 0 bridgehead atoms. The van der Waals surface area contributed by atoms with E-state index in [0.29, 0.717) is 16.9 Å². The molecule has 0 amide bonds. The summed E-state index contributed by atoms with van der Waals surface area (Å²) in [5, 5.41) is 0. The molecule has 0 heterocycles. The van der Waals surface area contributed by atoms with Gasteiger partial charge in [-0.25, -0.2) is 0 Å². The molecule has 0 N–H and O–H groups in total. The first-order valence-electron chi connectivity index (χ1n) is 6.23. The zero-order valence-corrected chi connectivity index (χ0v) is 11.5. The summed E-state index contributed by atoms with van der Waals surface area (Å²) in [7, 11) is 3.15. The van der Waals surface area contributed by atoms with E-state index in [2.05, 4.69) is 0 Å². The molecular formula is C17H16O3. The fourth-order valence-electron chi connectivity index (χ4n) is 1.89. The Balaban J connectivity index is 2.47. The summed E-state index contributed by atoms with van der Waals surface area (Å²) in [6.07, 6.45) is 3.30. The molecule has 0 atom stereocenters. The van der Waals surface area contributed by atoms with E-state index in [0.717, 1.165) is 5.56 Å². The predicted octanol–water partition coefficient (Wildman–Crippen LogP) is 3.54. The zero-order valence-electron chi connectivity index (χ0n) is 11.5. The van der Waals surface area contributed by atoms with Crippen LogP contribution in [-0.2, 0) is 4.74 Å². The minimum atomic E-state index is -0.0414. The second-order valence-corrected chi connectivity index (χ2v) is 4.19. The second-order valence-electron chi connectivity index (χ2n) is 4.19. The summed E-state index contributed by atoms with van der Waals surface area (Å²) >= 11 is 0. The molecule has 2 aromatic carbocycles. The quantitative estimate of drug-likeness (QED) is 0.614. The molecule has 0 aliphatic carbocycles. The van der Waals surface area contributed by atoms with Gasteiger partial charge in [0.05, 0.1) is 20.5 Å². The van der Waals surface area contributed by atoms with Crippen LogP contribution in [0.3, 0.4) is 0 Å². The van der Waals surface area contributed by atoms with Gasteiger partial charge >= 0.3 is 0 Å². The van der Waals surface area contributed by atoms with E-state index in [1.165, 1.54) is 0 Å². The third-order valence-corrected chi connectivity index (χ3v) is 2.92. The average molecular weight is 268 g/mol. The summed E-state index contributed by atoms with van der Waals surface area (Å²) in [4.78, 5) is 12.6. The lowest BCUT2D eigenvalue weighted by atomic mass is 9.98. The maximum Gasteiger partial charge on any atom is 0.193 e. The molecule has 0 fully saturated rings. The fraction of sp³-hybridized carbons (Fsp3) is 0.118. The van der Waals surface area contributed by atoms with Crippen molar-refractivity contribution in [1.29, 1.82) is 0 Å². The Hall–Kier alpha value is -2.55. The topological polar surface area (TPSA) is 35.5 Å². The lowest BCUT2D eigenvalue weighted by Gasteiger charge is -2.08. The monoisotopic (exact) mass is 268 g/mol. The number of carbonyl (C=O) groups excluding carboxylic acids is 1. The summed E-state index contributed by atoms with van der Waals surface area (Å²) in [5.74, 6) is 0.610. The predicted molar refractivity (Wildman–Crippen MR) is 78.9 cm³/mol. The van der Waals surface area contributed by atoms with E-state index in [4.69, 9.17) is 9.47 Å². The molecule has 2 rings (SSSR count). The standard InChI is InChI=1S/C17H16O3/c1-19-11-10-13-8-9-15(20-2)12-16(13)17(18)14-6-4-3-5-7-14/h3-12H,1-2H3/b11-10+. The van der Waals surface area contributed by atoms with E-state index in [1.807, 2.05) is 30.3 Å². The summed E-state index contributed by atoms with van der Waals surface area (Å²) in [5.41, 5.74) is 2.03. The van der Waals surface area contributed by atoms with Crippen molar-refractivity contribution in [3.63, 3.8) is 0 Å². The number of methoxy groups -OCH3 is 2. The Morgan fingerprint density at radius 1 is 1.05 bits per heavy atom. The van der Waals surface area contributed by atoms with Crippen molar-refractivity contribution in [2.24, 2.45) is 0 Å². The highest BCUT2D eigenvalue weighted by Gasteiger charge is 2.13. The van der Waals surface area contributed by atoms with Crippen LogP contribution in [0.15, 0.2) is 54.8 Å². The van der Waals surface area contributed by atoms with Crippen LogP contribution in [0.2, 0.25) is 0 Å². The molecule has 0 unspecified atom stereocenters. The maximum absolute atomic E-state index is 12.6. The molecule has 3 nitrogen and oxygen atoms in total. The number of hydrogen-bond acceptors (Lipinski definition) is 3. The minimum absolute atomic E-state index is 0.0414.